The first-order chi connectivity index (χ1) is 12.5. The van der Waals surface area contributed by atoms with E-state index >= 15 is 0 Å². The van der Waals surface area contributed by atoms with Gasteiger partial charge in [0.25, 0.3) is 0 Å². The van der Waals surface area contributed by atoms with Crippen molar-refractivity contribution in [3.05, 3.63) is 65.5 Å². The number of hydrogen-bond acceptors (Lipinski definition) is 3. The minimum Gasteiger partial charge on any atom is -0.486 e. The molecule has 0 fully saturated rings. The Morgan fingerprint density at radius 1 is 1.19 bits per heavy atom. The number of rotatable bonds is 7. The Balaban J connectivity index is 1.80. The van der Waals surface area contributed by atoms with Crippen LogP contribution in [0, 0.1) is 5.82 Å². The third kappa shape index (κ3) is 5.77. The number of amides is 1. The predicted molar refractivity (Wildman–Crippen MR) is 99.7 cm³/mol. The highest BCUT2D eigenvalue weighted by Crippen LogP contribution is 2.16. The summed E-state index contributed by atoms with van der Waals surface area (Å²) in [6.07, 6.45) is -0.250. The smallest absolute Gasteiger partial charge is 0.248 e. The molecule has 0 spiro atoms. The van der Waals surface area contributed by atoms with Gasteiger partial charge in [-0.25, -0.2) is 4.39 Å². The number of para-hydroxylation sites is 1. The highest BCUT2D eigenvalue weighted by Gasteiger charge is 2.09. The van der Waals surface area contributed by atoms with Gasteiger partial charge in [0.15, 0.2) is 17.5 Å². The largest absolute Gasteiger partial charge is 0.486 e. The van der Waals surface area contributed by atoms with Crippen LogP contribution in [0.4, 0.5) is 4.39 Å². The van der Waals surface area contributed by atoms with Crippen molar-refractivity contribution in [1.82, 2.24) is 10.6 Å². The normalized spacial score (nSPS) is 12.3. The number of nitrogens with two attached hydrogens (primary N) is 1. The number of ether oxygens (including phenoxy) is 1. The van der Waals surface area contributed by atoms with Crippen LogP contribution >= 0.6 is 0 Å². The molecule has 2 rings (SSSR count). The van der Waals surface area contributed by atoms with Gasteiger partial charge in [-0.05, 0) is 36.8 Å². The maximum Gasteiger partial charge on any atom is 0.248 e. The number of halogens is 1. The zero-order chi connectivity index (χ0) is 18.9. The van der Waals surface area contributed by atoms with Crippen LogP contribution in [0.25, 0.3) is 0 Å². The molecule has 26 heavy (non-hydrogen) atoms. The SMILES string of the molecule is CN=C(NCc1ccc(C(N)=O)cc1)NCC(C)Oc1ccccc1F. The number of aliphatic imine (C=N–C) groups is 1. The lowest BCUT2D eigenvalue weighted by atomic mass is 10.1. The van der Waals surface area contributed by atoms with Crippen molar-refractivity contribution in [3.8, 4) is 5.75 Å². The van der Waals surface area contributed by atoms with Crippen molar-refractivity contribution >= 4 is 11.9 Å². The van der Waals surface area contributed by atoms with Gasteiger partial charge >= 0.3 is 0 Å². The van der Waals surface area contributed by atoms with Crippen LogP contribution < -0.4 is 21.1 Å². The quantitative estimate of drug-likeness (QED) is 0.522. The van der Waals surface area contributed by atoms with Crippen LogP contribution in [0.2, 0.25) is 0 Å². The molecule has 138 valence electrons. The maximum atomic E-state index is 13.6. The summed E-state index contributed by atoms with van der Waals surface area (Å²) in [5.41, 5.74) is 6.67. The topological polar surface area (TPSA) is 88.7 Å². The van der Waals surface area contributed by atoms with E-state index in [0.29, 0.717) is 24.6 Å². The number of guanidine groups is 1. The molecule has 2 aromatic carbocycles. The Morgan fingerprint density at radius 3 is 2.50 bits per heavy atom. The lowest BCUT2D eigenvalue weighted by molar-refractivity contribution is 0.100. The third-order valence-corrected chi connectivity index (χ3v) is 3.64. The van der Waals surface area contributed by atoms with Crippen molar-refractivity contribution < 1.29 is 13.9 Å². The fraction of sp³-hybridized carbons (Fsp3) is 0.263. The Morgan fingerprint density at radius 2 is 1.88 bits per heavy atom. The van der Waals surface area contributed by atoms with E-state index in [0.717, 1.165) is 5.56 Å². The molecule has 0 saturated carbocycles. The minimum atomic E-state index is -0.453. The second-order valence-electron chi connectivity index (χ2n) is 5.73. The molecular formula is C19H23FN4O2. The maximum absolute atomic E-state index is 13.6. The Bertz CT molecular complexity index is 762. The first-order valence-electron chi connectivity index (χ1n) is 8.24. The molecule has 1 atom stereocenters. The van der Waals surface area contributed by atoms with Crippen LogP contribution in [0.15, 0.2) is 53.5 Å². The van der Waals surface area contributed by atoms with Gasteiger partial charge in [0.2, 0.25) is 5.91 Å². The highest BCUT2D eigenvalue weighted by molar-refractivity contribution is 5.92. The monoisotopic (exact) mass is 358 g/mol. The van der Waals surface area contributed by atoms with E-state index in [1.807, 2.05) is 19.1 Å². The van der Waals surface area contributed by atoms with E-state index in [4.69, 9.17) is 10.5 Å². The molecule has 0 aliphatic heterocycles. The summed E-state index contributed by atoms with van der Waals surface area (Å²) in [4.78, 5) is 15.2. The fourth-order valence-electron chi connectivity index (χ4n) is 2.23. The molecule has 0 aliphatic rings. The Labute approximate surface area is 152 Å². The van der Waals surface area contributed by atoms with Gasteiger partial charge in [0.05, 0.1) is 6.54 Å². The zero-order valence-corrected chi connectivity index (χ0v) is 14.8. The first-order valence-corrected chi connectivity index (χ1v) is 8.24. The molecule has 6 nitrogen and oxygen atoms in total. The summed E-state index contributed by atoms with van der Waals surface area (Å²) in [6.45, 7) is 2.82. The van der Waals surface area contributed by atoms with Gasteiger partial charge in [0, 0.05) is 19.2 Å². The minimum absolute atomic E-state index is 0.222. The van der Waals surface area contributed by atoms with Crippen LogP contribution in [0.1, 0.15) is 22.8 Å². The van der Waals surface area contributed by atoms with E-state index in [9.17, 15) is 9.18 Å². The summed E-state index contributed by atoms with van der Waals surface area (Å²) in [5.74, 6) is -0.0284. The van der Waals surface area contributed by atoms with Crippen molar-refractivity contribution in [1.29, 1.82) is 0 Å². The number of nitrogens with zero attached hydrogens (tertiary/aromatic N) is 1. The average molecular weight is 358 g/mol. The molecule has 0 saturated heterocycles. The number of benzene rings is 2. The first kappa shape index (κ1) is 19.2. The standard InChI is InChI=1S/C19H23FN4O2/c1-13(26-17-6-4-3-5-16(17)20)11-23-19(22-2)24-12-14-7-9-15(10-8-14)18(21)25/h3-10,13H,11-12H2,1-2H3,(H2,21,25)(H2,22,23,24). The van der Waals surface area contributed by atoms with Crippen LogP contribution in [-0.2, 0) is 6.54 Å². The molecule has 0 radical (unpaired) electrons. The van der Waals surface area contributed by atoms with Crippen molar-refractivity contribution in [2.24, 2.45) is 10.7 Å². The number of primary amides is 1. The third-order valence-electron chi connectivity index (χ3n) is 3.64. The van der Waals surface area contributed by atoms with Crippen molar-refractivity contribution in [2.75, 3.05) is 13.6 Å². The fourth-order valence-corrected chi connectivity index (χ4v) is 2.23. The van der Waals surface area contributed by atoms with Gasteiger partial charge in [-0.2, -0.15) is 0 Å². The lowest BCUT2D eigenvalue weighted by Gasteiger charge is -2.18. The number of nitrogens with one attached hydrogen (secondary N) is 2. The van der Waals surface area contributed by atoms with E-state index in [-0.39, 0.29) is 17.7 Å². The van der Waals surface area contributed by atoms with Gasteiger partial charge in [0.1, 0.15) is 6.10 Å². The van der Waals surface area contributed by atoms with Crippen LogP contribution in [0.3, 0.4) is 0 Å². The second-order valence-corrected chi connectivity index (χ2v) is 5.73. The molecule has 1 unspecified atom stereocenters. The second kappa shape index (κ2) is 9.41. The highest BCUT2D eigenvalue weighted by atomic mass is 19.1. The molecule has 0 aliphatic carbocycles. The zero-order valence-electron chi connectivity index (χ0n) is 14.8. The summed E-state index contributed by atoms with van der Waals surface area (Å²) in [7, 11) is 1.66. The molecule has 7 heteroatoms. The molecule has 0 bridgehead atoms. The Kier molecular flexibility index (Phi) is 6.96. The number of carbonyl (C=O) groups excluding carboxylic acids is 1. The van der Waals surface area contributed by atoms with Crippen LogP contribution in [0.5, 0.6) is 5.75 Å². The van der Waals surface area contributed by atoms with E-state index in [2.05, 4.69) is 15.6 Å². The summed E-state index contributed by atoms with van der Waals surface area (Å²) in [5, 5.41) is 6.28. The van der Waals surface area contributed by atoms with Gasteiger partial charge < -0.3 is 21.1 Å². The summed E-state index contributed by atoms with van der Waals surface area (Å²) >= 11 is 0. The molecule has 1 amide bonds. The predicted octanol–water partition coefficient (Wildman–Crippen LogP) is 2.06. The molecule has 0 heterocycles. The summed E-state index contributed by atoms with van der Waals surface area (Å²) in [6, 6.07) is 13.3. The van der Waals surface area contributed by atoms with E-state index < -0.39 is 5.91 Å². The Hall–Kier alpha value is -3.09. The van der Waals surface area contributed by atoms with Gasteiger partial charge in [-0.15, -0.1) is 0 Å². The van der Waals surface area contributed by atoms with Crippen molar-refractivity contribution in [3.63, 3.8) is 0 Å². The van der Waals surface area contributed by atoms with Crippen LogP contribution in [-0.4, -0.2) is 31.6 Å². The number of carbonyl (C=O) groups is 1. The molecule has 4 N–H and O–H groups in total. The van der Waals surface area contributed by atoms with Gasteiger partial charge in [-0.1, -0.05) is 24.3 Å². The van der Waals surface area contributed by atoms with Crippen molar-refractivity contribution in [2.45, 2.75) is 19.6 Å². The average Bonchev–Trinajstić information content (AvgIpc) is 2.64. The van der Waals surface area contributed by atoms with E-state index in [1.165, 1.54) is 6.07 Å². The lowest BCUT2D eigenvalue weighted by Crippen LogP contribution is -2.41. The molecule has 0 aromatic heterocycles. The van der Waals surface area contributed by atoms with E-state index in [1.54, 1.807) is 37.4 Å². The molecule has 2 aromatic rings. The number of hydrogen-bond donors (Lipinski definition) is 3. The summed E-state index contributed by atoms with van der Waals surface area (Å²) < 4.78 is 19.2. The van der Waals surface area contributed by atoms with Gasteiger partial charge in [-0.3, -0.25) is 9.79 Å². The molecular weight excluding hydrogens is 335 g/mol.